The molecule has 1 fully saturated rings. The van der Waals surface area contributed by atoms with Crippen molar-refractivity contribution in [2.75, 3.05) is 19.7 Å². The van der Waals surface area contributed by atoms with Crippen molar-refractivity contribution in [3.05, 3.63) is 18.4 Å². The van der Waals surface area contributed by atoms with Crippen LogP contribution in [0.3, 0.4) is 0 Å². The van der Waals surface area contributed by atoms with Crippen LogP contribution in [0, 0.1) is 0 Å². The quantitative estimate of drug-likeness (QED) is 0.633. The van der Waals surface area contributed by atoms with Crippen molar-refractivity contribution in [1.82, 2.24) is 10.3 Å². The Balaban J connectivity index is 2.04. The van der Waals surface area contributed by atoms with Gasteiger partial charge in [0.15, 0.2) is 0 Å². The average Bonchev–Trinajstić information content (AvgIpc) is 2.58. The summed E-state index contributed by atoms with van der Waals surface area (Å²) < 4.78 is 10.5. The fourth-order valence-corrected chi connectivity index (χ4v) is 1.12. The number of morpholine rings is 1. The lowest BCUT2D eigenvalue weighted by molar-refractivity contribution is 0.0109. The van der Waals surface area contributed by atoms with E-state index in [9.17, 15) is 0 Å². The third kappa shape index (κ3) is 1.41. The number of ether oxygens (including phenoxy) is 1. The molecule has 4 heteroatoms. The minimum atomic E-state index is -0.00116. The van der Waals surface area contributed by atoms with Gasteiger partial charge in [0, 0.05) is 13.1 Å². The van der Waals surface area contributed by atoms with Gasteiger partial charge in [0.05, 0.1) is 12.8 Å². The molecule has 0 bridgehead atoms. The van der Waals surface area contributed by atoms with E-state index >= 15 is 0 Å². The topological polar surface area (TPSA) is 47.3 Å². The molecule has 1 saturated heterocycles. The summed E-state index contributed by atoms with van der Waals surface area (Å²) in [5, 5.41) is 3.20. The van der Waals surface area contributed by atoms with Crippen LogP contribution in [-0.4, -0.2) is 24.7 Å². The zero-order valence-corrected chi connectivity index (χ0v) is 6.12. The molecular formula is C7H10N2O2. The molecule has 1 aliphatic heterocycles. The van der Waals surface area contributed by atoms with E-state index in [2.05, 4.69) is 10.3 Å². The van der Waals surface area contributed by atoms with Crippen molar-refractivity contribution in [2.24, 2.45) is 0 Å². The Morgan fingerprint density at radius 1 is 1.64 bits per heavy atom. The first-order valence-corrected chi connectivity index (χ1v) is 3.68. The van der Waals surface area contributed by atoms with Gasteiger partial charge in [-0.2, -0.15) is 0 Å². The zero-order valence-electron chi connectivity index (χ0n) is 6.12. The molecule has 0 amide bonds. The van der Waals surface area contributed by atoms with Crippen molar-refractivity contribution in [3.8, 4) is 0 Å². The Morgan fingerprint density at radius 2 is 2.64 bits per heavy atom. The summed E-state index contributed by atoms with van der Waals surface area (Å²) in [5.41, 5.74) is 0. The summed E-state index contributed by atoms with van der Waals surface area (Å²) in [6.07, 6.45) is 3.19. The minimum absolute atomic E-state index is 0.00116. The number of nitrogens with one attached hydrogen (secondary N) is 1. The SMILES string of the molecule is c1coc(C2CNCCO2)n1. The van der Waals surface area contributed by atoms with Crippen molar-refractivity contribution >= 4 is 0 Å². The molecule has 4 nitrogen and oxygen atoms in total. The zero-order chi connectivity index (χ0) is 7.52. The molecule has 60 valence electrons. The Labute approximate surface area is 64.6 Å². The van der Waals surface area contributed by atoms with Crippen LogP contribution in [0.5, 0.6) is 0 Å². The maximum atomic E-state index is 5.40. The summed E-state index contributed by atoms with van der Waals surface area (Å²) >= 11 is 0. The maximum Gasteiger partial charge on any atom is 0.224 e. The second kappa shape index (κ2) is 3.02. The van der Waals surface area contributed by atoms with Gasteiger partial charge in [0.2, 0.25) is 5.89 Å². The lowest BCUT2D eigenvalue weighted by Gasteiger charge is -2.20. The van der Waals surface area contributed by atoms with Crippen LogP contribution in [0.25, 0.3) is 0 Å². The summed E-state index contributed by atoms with van der Waals surface area (Å²) in [5.74, 6) is 0.664. The number of rotatable bonds is 1. The van der Waals surface area contributed by atoms with Crippen molar-refractivity contribution in [1.29, 1.82) is 0 Å². The van der Waals surface area contributed by atoms with Gasteiger partial charge in [-0.15, -0.1) is 0 Å². The van der Waals surface area contributed by atoms with Crippen LogP contribution in [0.15, 0.2) is 16.9 Å². The van der Waals surface area contributed by atoms with Crippen LogP contribution in [0.1, 0.15) is 12.0 Å². The van der Waals surface area contributed by atoms with Crippen molar-refractivity contribution in [3.63, 3.8) is 0 Å². The van der Waals surface area contributed by atoms with Crippen LogP contribution in [0.4, 0.5) is 0 Å². The monoisotopic (exact) mass is 154 g/mol. The number of aromatic nitrogens is 1. The molecule has 1 aromatic rings. The third-order valence-corrected chi connectivity index (χ3v) is 1.65. The normalized spacial score (nSPS) is 25.3. The summed E-state index contributed by atoms with van der Waals surface area (Å²) in [7, 11) is 0. The molecule has 0 aromatic carbocycles. The van der Waals surface area contributed by atoms with Crippen LogP contribution in [-0.2, 0) is 4.74 Å². The molecule has 0 radical (unpaired) electrons. The third-order valence-electron chi connectivity index (χ3n) is 1.65. The molecule has 1 unspecified atom stereocenters. The predicted molar refractivity (Wildman–Crippen MR) is 38.1 cm³/mol. The summed E-state index contributed by atoms with van der Waals surface area (Å²) in [6.45, 7) is 2.44. The summed E-state index contributed by atoms with van der Waals surface area (Å²) in [6, 6.07) is 0. The first kappa shape index (κ1) is 6.82. The molecular weight excluding hydrogens is 144 g/mol. The van der Waals surface area contributed by atoms with Gasteiger partial charge < -0.3 is 14.5 Å². The van der Waals surface area contributed by atoms with E-state index in [1.54, 1.807) is 12.5 Å². The second-order valence-electron chi connectivity index (χ2n) is 2.43. The number of hydrogen-bond donors (Lipinski definition) is 1. The second-order valence-corrected chi connectivity index (χ2v) is 2.43. The van der Waals surface area contributed by atoms with E-state index in [1.807, 2.05) is 0 Å². The maximum absolute atomic E-state index is 5.40. The fraction of sp³-hybridized carbons (Fsp3) is 0.571. The first-order chi connectivity index (χ1) is 5.47. The van der Waals surface area contributed by atoms with Gasteiger partial charge in [0.1, 0.15) is 12.4 Å². The lowest BCUT2D eigenvalue weighted by Crippen LogP contribution is -2.33. The molecule has 0 aliphatic carbocycles. The highest BCUT2D eigenvalue weighted by Gasteiger charge is 2.18. The molecule has 0 spiro atoms. The highest BCUT2D eigenvalue weighted by atomic mass is 16.5. The fourth-order valence-electron chi connectivity index (χ4n) is 1.12. The molecule has 2 heterocycles. The molecule has 1 aromatic heterocycles. The van der Waals surface area contributed by atoms with Gasteiger partial charge in [-0.05, 0) is 0 Å². The van der Waals surface area contributed by atoms with E-state index in [4.69, 9.17) is 9.15 Å². The largest absolute Gasteiger partial charge is 0.446 e. The summed E-state index contributed by atoms with van der Waals surface area (Å²) in [4.78, 5) is 4.01. The van der Waals surface area contributed by atoms with E-state index < -0.39 is 0 Å². The van der Waals surface area contributed by atoms with Crippen LogP contribution < -0.4 is 5.32 Å². The Kier molecular flexibility index (Phi) is 1.87. The van der Waals surface area contributed by atoms with Gasteiger partial charge in [-0.3, -0.25) is 0 Å². The van der Waals surface area contributed by atoms with Gasteiger partial charge in [0.25, 0.3) is 0 Å². The van der Waals surface area contributed by atoms with E-state index in [-0.39, 0.29) is 6.10 Å². The van der Waals surface area contributed by atoms with Crippen LogP contribution in [0.2, 0.25) is 0 Å². The van der Waals surface area contributed by atoms with Crippen molar-refractivity contribution in [2.45, 2.75) is 6.10 Å². The smallest absolute Gasteiger partial charge is 0.224 e. The number of oxazole rings is 1. The standard InChI is InChI=1S/C7H10N2O2/c1-3-10-6(5-8-1)7-9-2-4-11-7/h2,4,6,8H,1,3,5H2. The first-order valence-electron chi connectivity index (χ1n) is 3.68. The molecule has 0 saturated carbocycles. The van der Waals surface area contributed by atoms with Crippen LogP contribution >= 0.6 is 0 Å². The van der Waals surface area contributed by atoms with Crippen molar-refractivity contribution < 1.29 is 9.15 Å². The van der Waals surface area contributed by atoms with Gasteiger partial charge in [-0.25, -0.2) is 4.98 Å². The Hall–Kier alpha value is -0.870. The van der Waals surface area contributed by atoms with Gasteiger partial charge in [-0.1, -0.05) is 0 Å². The molecule has 1 aliphatic rings. The molecule has 2 rings (SSSR count). The highest BCUT2D eigenvalue weighted by molar-refractivity contribution is 4.88. The molecule has 1 atom stereocenters. The number of nitrogens with zero attached hydrogens (tertiary/aromatic N) is 1. The average molecular weight is 154 g/mol. The predicted octanol–water partition coefficient (Wildman–Crippen LogP) is 0.335. The van der Waals surface area contributed by atoms with E-state index in [0.29, 0.717) is 5.89 Å². The molecule has 1 N–H and O–H groups in total. The highest BCUT2D eigenvalue weighted by Crippen LogP contribution is 2.15. The Bertz CT molecular complexity index is 204. The lowest BCUT2D eigenvalue weighted by atomic mass is 10.3. The minimum Gasteiger partial charge on any atom is -0.446 e. The Morgan fingerprint density at radius 3 is 3.27 bits per heavy atom. The number of hydrogen-bond acceptors (Lipinski definition) is 4. The van der Waals surface area contributed by atoms with E-state index in [0.717, 1.165) is 19.7 Å². The van der Waals surface area contributed by atoms with Gasteiger partial charge >= 0.3 is 0 Å². The molecule has 11 heavy (non-hydrogen) atoms. The van der Waals surface area contributed by atoms with E-state index in [1.165, 1.54) is 0 Å².